The number of nitrogen functional groups attached to an aromatic ring is 1. The van der Waals surface area contributed by atoms with Crippen molar-refractivity contribution in [3.8, 4) is 17.2 Å². The first-order valence-electron chi connectivity index (χ1n) is 13.6. The SMILES string of the molecule is CCCCC1CCC(OC(=O)c2ccc3c(c2)C(=O)c2c(O)cc(Oc4ccc(C)cc4)c(N)c2C3=O)CC1. The van der Waals surface area contributed by atoms with Gasteiger partial charge in [0.25, 0.3) is 0 Å². The molecule has 2 aliphatic carbocycles. The van der Waals surface area contributed by atoms with Crippen molar-refractivity contribution in [1.29, 1.82) is 0 Å². The van der Waals surface area contributed by atoms with Gasteiger partial charge < -0.3 is 20.3 Å². The molecule has 0 aliphatic heterocycles. The maximum absolute atomic E-state index is 13.5. The summed E-state index contributed by atoms with van der Waals surface area (Å²) in [4.78, 5) is 39.9. The van der Waals surface area contributed by atoms with Gasteiger partial charge in [0.05, 0.1) is 22.4 Å². The normalized spacial score (nSPS) is 18.3. The Morgan fingerprint density at radius 2 is 1.64 bits per heavy atom. The van der Waals surface area contributed by atoms with Crippen LogP contribution in [0.1, 0.15) is 99.6 Å². The Labute approximate surface area is 227 Å². The number of aromatic hydroxyl groups is 1. The molecule has 3 N–H and O–H groups in total. The lowest BCUT2D eigenvalue weighted by Gasteiger charge is -2.28. The molecule has 5 rings (SSSR count). The molecule has 0 spiro atoms. The number of phenolic OH excluding ortho intramolecular Hbond substituents is 1. The standard InChI is InChI=1S/C32H33NO6/c1-3-4-5-19-8-13-22(14-9-19)39-32(37)20-10-15-23-24(16-20)31(36)27-25(34)17-26(29(33)28(27)30(23)35)38-21-11-6-18(2)7-12-21/h6-7,10-12,15-17,19,22,34H,3-5,8-9,13-14,33H2,1-2H3. The Kier molecular flexibility index (Phi) is 7.42. The van der Waals surface area contributed by atoms with Crippen molar-refractivity contribution in [3.63, 3.8) is 0 Å². The second-order valence-electron chi connectivity index (χ2n) is 10.6. The number of carbonyl (C=O) groups excluding carboxylic acids is 3. The third-order valence-corrected chi connectivity index (χ3v) is 7.79. The van der Waals surface area contributed by atoms with Crippen molar-refractivity contribution in [3.05, 3.63) is 81.9 Å². The van der Waals surface area contributed by atoms with Crippen molar-refractivity contribution in [1.82, 2.24) is 0 Å². The number of hydrogen-bond donors (Lipinski definition) is 2. The summed E-state index contributed by atoms with van der Waals surface area (Å²) in [5, 5.41) is 10.8. The molecule has 0 atom stereocenters. The van der Waals surface area contributed by atoms with Crippen LogP contribution < -0.4 is 10.5 Å². The Balaban J connectivity index is 1.36. The van der Waals surface area contributed by atoms with Crippen LogP contribution in [0.5, 0.6) is 17.2 Å². The van der Waals surface area contributed by atoms with E-state index < -0.39 is 23.3 Å². The number of benzene rings is 3. The number of aryl methyl sites for hydroxylation is 1. The molecule has 1 saturated carbocycles. The van der Waals surface area contributed by atoms with Crippen LogP contribution >= 0.6 is 0 Å². The minimum absolute atomic E-state index is 0.0344. The van der Waals surface area contributed by atoms with Crippen molar-refractivity contribution >= 4 is 23.2 Å². The Hall–Kier alpha value is -4.13. The largest absolute Gasteiger partial charge is 0.507 e. The minimum atomic E-state index is -0.586. The molecule has 2 aliphatic rings. The number of carbonyl (C=O) groups is 3. The Morgan fingerprint density at radius 3 is 2.33 bits per heavy atom. The molecular weight excluding hydrogens is 494 g/mol. The number of fused-ring (bicyclic) bond motifs is 2. The van der Waals surface area contributed by atoms with E-state index in [4.69, 9.17) is 15.2 Å². The first-order chi connectivity index (χ1) is 18.8. The third-order valence-electron chi connectivity index (χ3n) is 7.79. The van der Waals surface area contributed by atoms with E-state index in [1.54, 1.807) is 12.1 Å². The number of rotatable bonds is 7. The van der Waals surface area contributed by atoms with E-state index in [9.17, 15) is 19.5 Å². The number of anilines is 1. The van der Waals surface area contributed by atoms with Crippen LogP contribution in [0.25, 0.3) is 0 Å². The number of esters is 1. The molecule has 1 fully saturated rings. The second kappa shape index (κ2) is 10.9. The van der Waals surface area contributed by atoms with Gasteiger partial charge in [-0.3, -0.25) is 9.59 Å². The first kappa shape index (κ1) is 26.5. The van der Waals surface area contributed by atoms with Gasteiger partial charge in [-0.1, -0.05) is 43.9 Å². The molecule has 202 valence electrons. The molecule has 3 aromatic carbocycles. The van der Waals surface area contributed by atoms with Crippen LogP contribution in [0.2, 0.25) is 0 Å². The summed E-state index contributed by atoms with van der Waals surface area (Å²) in [6.07, 6.45) is 7.22. The highest BCUT2D eigenvalue weighted by Crippen LogP contribution is 2.43. The predicted octanol–water partition coefficient (Wildman–Crippen LogP) is 6.76. The maximum Gasteiger partial charge on any atom is 0.338 e. The summed E-state index contributed by atoms with van der Waals surface area (Å²) in [5.74, 6) is -0.813. The van der Waals surface area contributed by atoms with E-state index in [-0.39, 0.29) is 45.4 Å². The number of hydrogen-bond acceptors (Lipinski definition) is 7. The van der Waals surface area contributed by atoms with Crippen molar-refractivity contribution in [2.75, 3.05) is 5.73 Å². The number of nitrogens with two attached hydrogens (primary N) is 1. The highest BCUT2D eigenvalue weighted by atomic mass is 16.5. The average molecular weight is 528 g/mol. The number of ether oxygens (including phenoxy) is 2. The van der Waals surface area contributed by atoms with Gasteiger partial charge in [0, 0.05) is 17.2 Å². The van der Waals surface area contributed by atoms with E-state index in [0.717, 1.165) is 31.2 Å². The summed E-state index contributed by atoms with van der Waals surface area (Å²) in [5.41, 5.74) is 7.33. The fourth-order valence-corrected chi connectivity index (χ4v) is 5.52. The van der Waals surface area contributed by atoms with Gasteiger partial charge in [-0.15, -0.1) is 0 Å². The molecular formula is C32H33NO6. The first-order valence-corrected chi connectivity index (χ1v) is 13.6. The van der Waals surface area contributed by atoms with E-state index in [1.165, 1.54) is 43.5 Å². The molecule has 0 saturated heterocycles. The van der Waals surface area contributed by atoms with Gasteiger partial charge >= 0.3 is 5.97 Å². The van der Waals surface area contributed by atoms with Crippen LogP contribution in [0, 0.1) is 12.8 Å². The van der Waals surface area contributed by atoms with E-state index in [2.05, 4.69) is 6.92 Å². The topological polar surface area (TPSA) is 116 Å². The lowest BCUT2D eigenvalue weighted by atomic mass is 9.81. The van der Waals surface area contributed by atoms with Gasteiger partial charge in [-0.2, -0.15) is 0 Å². The van der Waals surface area contributed by atoms with Crippen LogP contribution in [0.3, 0.4) is 0 Å². The van der Waals surface area contributed by atoms with Crippen molar-refractivity contribution < 1.29 is 29.0 Å². The zero-order valence-corrected chi connectivity index (χ0v) is 22.3. The quantitative estimate of drug-likeness (QED) is 0.155. The van der Waals surface area contributed by atoms with Gasteiger partial charge in [-0.05, 0) is 68.9 Å². The molecule has 0 unspecified atom stereocenters. The van der Waals surface area contributed by atoms with Crippen LogP contribution in [0.15, 0.2) is 48.5 Å². The fourth-order valence-electron chi connectivity index (χ4n) is 5.52. The molecule has 39 heavy (non-hydrogen) atoms. The molecule has 7 nitrogen and oxygen atoms in total. The van der Waals surface area contributed by atoms with E-state index in [1.807, 2.05) is 19.1 Å². The van der Waals surface area contributed by atoms with Crippen LogP contribution in [-0.4, -0.2) is 28.7 Å². The lowest BCUT2D eigenvalue weighted by Crippen LogP contribution is -2.26. The summed E-state index contributed by atoms with van der Waals surface area (Å²) in [7, 11) is 0. The Morgan fingerprint density at radius 1 is 0.949 bits per heavy atom. The monoisotopic (exact) mass is 527 g/mol. The zero-order chi connectivity index (χ0) is 27.7. The van der Waals surface area contributed by atoms with Crippen LogP contribution in [-0.2, 0) is 4.74 Å². The number of unbranched alkanes of at least 4 members (excludes halogenated alkanes) is 1. The molecule has 0 amide bonds. The summed E-state index contributed by atoms with van der Waals surface area (Å²) in [6.45, 7) is 4.13. The fraction of sp³-hybridized carbons (Fsp3) is 0.344. The summed E-state index contributed by atoms with van der Waals surface area (Å²) in [6, 6.07) is 12.7. The molecule has 3 aromatic rings. The van der Waals surface area contributed by atoms with Gasteiger partial charge in [0.15, 0.2) is 17.3 Å². The molecule has 0 bridgehead atoms. The van der Waals surface area contributed by atoms with E-state index >= 15 is 0 Å². The Bertz CT molecular complexity index is 1430. The van der Waals surface area contributed by atoms with Gasteiger partial charge in [0.2, 0.25) is 0 Å². The average Bonchev–Trinajstić information content (AvgIpc) is 2.94. The summed E-state index contributed by atoms with van der Waals surface area (Å²) >= 11 is 0. The number of ketones is 2. The van der Waals surface area contributed by atoms with Gasteiger partial charge in [-0.25, -0.2) is 4.79 Å². The molecule has 0 radical (unpaired) electrons. The lowest BCUT2D eigenvalue weighted by molar-refractivity contribution is 0.0161. The number of phenols is 1. The molecule has 0 aromatic heterocycles. The van der Waals surface area contributed by atoms with Crippen molar-refractivity contribution in [2.24, 2.45) is 5.92 Å². The minimum Gasteiger partial charge on any atom is -0.507 e. The molecule has 0 heterocycles. The third kappa shape index (κ3) is 5.26. The van der Waals surface area contributed by atoms with E-state index in [0.29, 0.717) is 11.7 Å². The predicted molar refractivity (Wildman–Crippen MR) is 148 cm³/mol. The summed E-state index contributed by atoms with van der Waals surface area (Å²) < 4.78 is 11.6. The van der Waals surface area contributed by atoms with Crippen LogP contribution in [0.4, 0.5) is 5.69 Å². The highest BCUT2D eigenvalue weighted by molar-refractivity contribution is 6.31. The second-order valence-corrected chi connectivity index (χ2v) is 10.6. The van der Waals surface area contributed by atoms with Gasteiger partial charge in [0.1, 0.15) is 17.6 Å². The van der Waals surface area contributed by atoms with Crippen molar-refractivity contribution in [2.45, 2.75) is 64.9 Å². The molecule has 7 heteroatoms. The highest BCUT2D eigenvalue weighted by Gasteiger charge is 2.36. The zero-order valence-electron chi connectivity index (χ0n) is 22.3. The maximum atomic E-state index is 13.5. The smallest absolute Gasteiger partial charge is 0.338 e.